The second-order valence-corrected chi connectivity index (χ2v) is 6.16. The molecule has 1 heterocycles. The minimum absolute atomic E-state index is 0.149. The maximum Gasteiger partial charge on any atom is 0.231 e. The zero-order chi connectivity index (χ0) is 14.9. The van der Waals surface area contributed by atoms with E-state index in [0.29, 0.717) is 18.3 Å². The second-order valence-electron chi connectivity index (χ2n) is 6.16. The monoisotopic (exact) mass is 286 g/mol. The first kappa shape index (κ1) is 14.2. The molecule has 3 rings (SSSR count). The Morgan fingerprint density at radius 3 is 2.71 bits per heavy atom. The molecule has 2 unspecified atom stereocenters. The molecule has 1 aromatic heterocycles. The SMILES string of the molecule is CC1(N)CCCCC1c1nc(-c2ccc(CN)cc2)no1. The van der Waals surface area contributed by atoms with E-state index in [4.69, 9.17) is 16.0 Å². The van der Waals surface area contributed by atoms with Gasteiger partial charge in [-0.3, -0.25) is 0 Å². The van der Waals surface area contributed by atoms with Gasteiger partial charge in [-0.15, -0.1) is 0 Å². The third-order valence-corrected chi connectivity index (χ3v) is 4.44. The van der Waals surface area contributed by atoms with Crippen LogP contribution in [0, 0.1) is 0 Å². The van der Waals surface area contributed by atoms with Gasteiger partial charge < -0.3 is 16.0 Å². The number of rotatable bonds is 3. The summed E-state index contributed by atoms with van der Waals surface area (Å²) in [6, 6.07) is 7.91. The van der Waals surface area contributed by atoms with Gasteiger partial charge in [0.25, 0.3) is 0 Å². The summed E-state index contributed by atoms with van der Waals surface area (Å²) in [5, 5.41) is 4.11. The van der Waals surface area contributed by atoms with Gasteiger partial charge in [0.2, 0.25) is 11.7 Å². The van der Waals surface area contributed by atoms with Crippen LogP contribution >= 0.6 is 0 Å². The Labute approximate surface area is 124 Å². The Morgan fingerprint density at radius 1 is 1.29 bits per heavy atom. The molecule has 0 saturated heterocycles. The molecular weight excluding hydrogens is 264 g/mol. The van der Waals surface area contributed by atoms with Crippen molar-refractivity contribution in [3.63, 3.8) is 0 Å². The van der Waals surface area contributed by atoms with Crippen molar-refractivity contribution in [2.45, 2.75) is 50.6 Å². The zero-order valence-corrected chi connectivity index (χ0v) is 12.4. The Balaban J connectivity index is 1.85. The average molecular weight is 286 g/mol. The number of aromatic nitrogens is 2. The van der Waals surface area contributed by atoms with Crippen LogP contribution in [0.2, 0.25) is 0 Å². The topological polar surface area (TPSA) is 91.0 Å². The summed E-state index contributed by atoms with van der Waals surface area (Å²) in [6.45, 7) is 2.61. The largest absolute Gasteiger partial charge is 0.339 e. The Hall–Kier alpha value is -1.72. The van der Waals surface area contributed by atoms with Crippen LogP contribution in [0.15, 0.2) is 28.8 Å². The van der Waals surface area contributed by atoms with Gasteiger partial charge in [-0.05, 0) is 25.3 Å². The molecule has 5 heteroatoms. The van der Waals surface area contributed by atoms with Crippen molar-refractivity contribution in [2.75, 3.05) is 0 Å². The normalized spacial score (nSPS) is 26.0. The second kappa shape index (κ2) is 5.58. The molecule has 0 aliphatic heterocycles. The van der Waals surface area contributed by atoms with Crippen molar-refractivity contribution in [1.82, 2.24) is 10.1 Å². The molecule has 0 bridgehead atoms. The lowest BCUT2D eigenvalue weighted by Gasteiger charge is -2.35. The predicted molar refractivity (Wildman–Crippen MR) is 81.4 cm³/mol. The quantitative estimate of drug-likeness (QED) is 0.905. The maximum absolute atomic E-state index is 6.40. The zero-order valence-electron chi connectivity index (χ0n) is 12.4. The lowest BCUT2D eigenvalue weighted by Crippen LogP contribution is -2.44. The van der Waals surface area contributed by atoms with Gasteiger partial charge in [-0.2, -0.15) is 4.98 Å². The number of hydrogen-bond donors (Lipinski definition) is 2. The number of benzene rings is 1. The molecular formula is C16H22N4O. The average Bonchev–Trinajstić information content (AvgIpc) is 2.96. The van der Waals surface area contributed by atoms with Gasteiger partial charge in [0.15, 0.2) is 0 Å². The van der Waals surface area contributed by atoms with Crippen LogP contribution in [-0.4, -0.2) is 15.7 Å². The molecule has 1 aliphatic rings. The molecule has 1 saturated carbocycles. The maximum atomic E-state index is 6.40. The molecule has 1 aromatic carbocycles. The first-order valence-electron chi connectivity index (χ1n) is 7.52. The highest BCUT2D eigenvalue weighted by atomic mass is 16.5. The molecule has 1 fully saturated rings. The molecule has 21 heavy (non-hydrogen) atoms. The Kier molecular flexibility index (Phi) is 3.78. The highest BCUT2D eigenvalue weighted by molar-refractivity contribution is 5.54. The van der Waals surface area contributed by atoms with Crippen molar-refractivity contribution in [2.24, 2.45) is 11.5 Å². The van der Waals surface area contributed by atoms with Crippen LogP contribution in [0.1, 0.15) is 50.0 Å². The predicted octanol–water partition coefficient (Wildman–Crippen LogP) is 2.57. The highest BCUT2D eigenvalue weighted by Crippen LogP contribution is 2.38. The molecule has 112 valence electrons. The van der Waals surface area contributed by atoms with Crippen molar-refractivity contribution >= 4 is 0 Å². The minimum atomic E-state index is -0.258. The number of hydrogen-bond acceptors (Lipinski definition) is 5. The van der Waals surface area contributed by atoms with E-state index >= 15 is 0 Å². The van der Waals surface area contributed by atoms with Crippen LogP contribution < -0.4 is 11.5 Å². The standard InChI is InChI=1S/C16H22N4O/c1-16(18)9-3-2-4-13(16)15-19-14(20-21-15)12-7-5-11(10-17)6-8-12/h5-8,13H,2-4,9-10,17-18H2,1H3. The van der Waals surface area contributed by atoms with E-state index in [1.54, 1.807) is 0 Å². The molecule has 5 nitrogen and oxygen atoms in total. The van der Waals surface area contributed by atoms with Crippen LogP contribution in [0.25, 0.3) is 11.4 Å². The van der Waals surface area contributed by atoms with E-state index in [9.17, 15) is 0 Å². The van der Waals surface area contributed by atoms with Gasteiger partial charge in [-0.25, -0.2) is 0 Å². The van der Waals surface area contributed by atoms with E-state index in [1.165, 1.54) is 12.8 Å². The molecule has 0 amide bonds. The molecule has 2 atom stereocenters. The third-order valence-electron chi connectivity index (χ3n) is 4.44. The van der Waals surface area contributed by atoms with Gasteiger partial charge in [0, 0.05) is 17.6 Å². The van der Waals surface area contributed by atoms with Crippen LogP contribution in [-0.2, 0) is 6.54 Å². The van der Waals surface area contributed by atoms with Crippen LogP contribution in [0.3, 0.4) is 0 Å². The summed E-state index contributed by atoms with van der Waals surface area (Å²) in [5.41, 5.74) is 13.8. The summed E-state index contributed by atoms with van der Waals surface area (Å²) in [4.78, 5) is 4.57. The third kappa shape index (κ3) is 2.84. The smallest absolute Gasteiger partial charge is 0.231 e. The lowest BCUT2D eigenvalue weighted by molar-refractivity contribution is 0.223. The van der Waals surface area contributed by atoms with E-state index in [0.717, 1.165) is 24.0 Å². The number of nitrogens with zero attached hydrogens (tertiary/aromatic N) is 2. The summed E-state index contributed by atoms with van der Waals surface area (Å²) in [5.74, 6) is 1.43. The summed E-state index contributed by atoms with van der Waals surface area (Å²) in [6.07, 6.45) is 4.35. The fraction of sp³-hybridized carbons (Fsp3) is 0.500. The first-order valence-corrected chi connectivity index (χ1v) is 7.52. The highest BCUT2D eigenvalue weighted by Gasteiger charge is 2.37. The van der Waals surface area contributed by atoms with Gasteiger partial charge in [-0.1, -0.05) is 42.3 Å². The van der Waals surface area contributed by atoms with Crippen molar-refractivity contribution in [3.05, 3.63) is 35.7 Å². The molecule has 2 aromatic rings. The van der Waals surface area contributed by atoms with Gasteiger partial charge in [0.1, 0.15) is 0 Å². The molecule has 4 N–H and O–H groups in total. The Morgan fingerprint density at radius 2 is 2.05 bits per heavy atom. The summed E-state index contributed by atoms with van der Waals surface area (Å²) >= 11 is 0. The van der Waals surface area contributed by atoms with Crippen molar-refractivity contribution < 1.29 is 4.52 Å². The van der Waals surface area contributed by atoms with E-state index in [-0.39, 0.29) is 11.5 Å². The van der Waals surface area contributed by atoms with Crippen molar-refractivity contribution in [1.29, 1.82) is 0 Å². The fourth-order valence-corrected chi connectivity index (χ4v) is 3.05. The first-order chi connectivity index (χ1) is 10.1. The minimum Gasteiger partial charge on any atom is -0.339 e. The molecule has 0 spiro atoms. The van der Waals surface area contributed by atoms with E-state index in [1.807, 2.05) is 24.3 Å². The summed E-state index contributed by atoms with van der Waals surface area (Å²) < 4.78 is 5.48. The molecule has 0 radical (unpaired) electrons. The molecule has 1 aliphatic carbocycles. The van der Waals surface area contributed by atoms with E-state index in [2.05, 4.69) is 17.1 Å². The van der Waals surface area contributed by atoms with Gasteiger partial charge >= 0.3 is 0 Å². The summed E-state index contributed by atoms with van der Waals surface area (Å²) in [7, 11) is 0. The fourth-order valence-electron chi connectivity index (χ4n) is 3.05. The van der Waals surface area contributed by atoms with Crippen LogP contribution in [0.5, 0.6) is 0 Å². The van der Waals surface area contributed by atoms with Gasteiger partial charge in [0.05, 0.1) is 5.92 Å². The van der Waals surface area contributed by atoms with Crippen LogP contribution in [0.4, 0.5) is 0 Å². The van der Waals surface area contributed by atoms with E-state index < -0.39 is 0 Å². The van der Waals surface area contributed by atoms with Crippen molar-refractivity contribution in [3.8, 4) is 11.4 Å². The Bertz CT molecular complexity index is 603. The lowest BCUT2D eigenvalue weighted by atomic mass is 9.74. The number of nitrogens with two attached hydrogens (primary N) is 2.